The molecule has 8 heteroatoms. The monoisotopic (exact) mass is 339 g/mol. The summed E-state index contributed by atoms with van der Waals surface area (Å²) in [5, 5.41) is 4.19. The number of urea groups is 1. The van der Waals surface area contributed by atoms with Gasteiger partial charge in [-0.3, -0.25) is 0 Å². The van der Waals surface area contributed by atoms with Crippen molar-refractivity contribution in [3.63, 3.8) is 0 Å². The van der Waals surface area contributed by atoms with Crippen LogP contribution >= 0.6 is 0 Å². The Balaban J connectivity index is 2.10. The summed E-state index contributed by atoms with van der Waals surface area (Å²) < 4.78 is 12.0. The number of methoxy groups -OCH3 is 2. The first-order chi connectivity index (χ1) is 12.2. The lowest BCUT2D eigenvalue weighted by molar-refractivity contribution is 0.255. The fraction of sp³-hybridized carbons (Fsp3) is 0.118. The second-order valence-electron chi connectivity index (χ2n) is 5.02. The van der Waals surface area contributed by atoms with Crippen LogP contribution in [0.2, 0.25) is 0 Å². The van der Waals surface area contributed by atoms with E-state index in [1.54, 1.807) is 18.2 Å². The molecule has 0 saturated carbocycles. The molecule has 25 heavy (non-hydrogen) atoms. The van der Waals surface area contributed by atoms with Crippen LogP contribution in [0.25, 0.3) is 5.69 Å². The van der Waals surface area contributed by atoms with E-state index in [0.29, 0.717) is 17.2 Å². The molecular weight excluding hydrogens is 322 g/mol. The van der Waals surface area contributed by atoms with Gasteiger partial charge in [-0.1, -0.05) is 18.2 Å². The summed E-state index contributed by atoms with van der Waals surface area (Å²) in [6.07, 6.45) is 1.36. The number of benzene rings is 2. The number of hydrogen-bond acceptors (Lipinski definition) is 5. The van der Waals surface area contributed by atoms with Crippen LogP contribution < -0.4 is 20.1 Å². The van der Waals surface area contributed by atoms with Gasteiger partial charge in [-0.05, 0) is 24.3 Å². The second kappa shape index (κ2) is 6.91. The van der Waals surface area contributed by atoms with E-state index in [-0.39, 0.29) is 5.95 Å². The average molecular weight is 339 g/mol. The van der Waals surface area contributed by atoms with E-state index in [1.165, 1.54) is 30.1 Å². The number of hydrogen-bond donors (Lipinski definition) is 1. The van der Waals surface area contributed by atoms with E-state index in [4.69, 9.17) is 15.2 Å². The predicted molar refractivity (Wildman–Crippen MR) is 92.6 cm³/mol. The van der Waals surface area contributed by atoms with Gasteiger partial charge in [-0.15, -0.1) is 0 Å². The van der Waals surface area contributed by atoms with Gasteiger partial charge in [0.2, 0.25) is 5.95 Å². The zero-order chi connectivity index (χ0) is 17.8. The third-order valence-corrected chi connectivity index (χ3v) is 3.58. The molecule has 128 valence electrons. The topological polar surface area (TPSA) is 95.5 Å². The Morgan fingerprint density at radius 2 is 1.80 bits per heavy atom. The largest absolute Gasteiger partial charge is 0.493 e. The molecule has 0 radical (unpaired) electrons. The van der Waals surface area contributed by atoms with Crippen LogP contribution in [0.15, 0.2) is 54.9 Å². The zero-order valence-corrected chi connectivity index (χ0v) is 13.8. The van der Waals surface area contributed by atoms with Crippen LogP contribution in [0.1, 0.15) is 0 Å². The highest BCUT2D eigenvalue weighted by Gasteiger charge is 2.23. The van der Waals surface area contributed by atoms with Crippen molar-refractivity contribution in [3.8, 4) is 17.2 Å². The Morgan fingerprint density at radius 1 is 1.08 bits per heavy atom. The first-order valence-corrected chi connectivity index (χ1v) is 7.42. The van der Waals surface area contributed by atoms with Crippen LogP contribution in [0.5, 0.6) is 11.5 Å². The number of carbonyl (C=O) groups is 1. The van der Waals surface area contributed by atoms with E-state index in [9.17, 15) is 4.79 Å². The van der Waals surface area contributed by atoms with E-state index in [2.05, 4.69) is 10.1 Å². The van der Waals surface area contributed by atoms with Crippen LogP contribution in [0, 0.1) is 0 Å². The van der Waals surface area contributed by atoms with Gasteiger partial charge >= 0.3 is 6.03 Å². The lowest BCUT2D eigenvalue weighted by Gasteiger charge is -2.21. The van der Waals surface area contributed by atoms with E-state index in [0.717, 1.165) is 5.69 Å². The molecule has 3 aromatic rings. The van der Waals surface area contributed by atoms with Crippen LogP contribution in [-0.4, -0.2) is 35.0 Å². The number of ether oxygens (including phenoxy) is 2. The minimum absolute atomic E-state index is 0.269. The molecule has 3 rings (SSSR count). The summed E-state index contributed by atoms with van der Waals surface area (Å²) in [4.78, 5) is 17.6. The number of anilines is 2. The molecule has 2 N–H and O–H groups in total. The zero-order valence-electron chi connectivity index (χ0n) is 13.8. The molecule has 0 bridgehead atoms. The molecule has 0 spiro atoms. The molecule has 1 aromatic heterocycles. The third-order valence-electron chi connectivity index (χ3n) is 3.58. The van der Waals surface area contributed by atoms with E-state index in [1.807, 2.05) is 30.3 Å². The molecule has 0 aliphatic rings. The number of nitrogens with zero attached hydrogens (tertiary/aromatic N) is 4. The highest BCUT2D eigenvalue weighted by molar-refractivity contribution is 5.97. The summed E-state index contributed by atoms with van der Waals surface area (Å²) in [6, 6.07) is 13.7. The lowest BCUT2D eigenvalue weighted by atomic mass is 10.2. The van der Waals surface area contributed by atoms with Gasteiger partial charge in [0.15, 0.2) is 11.5 Å². The molecular formula is C17H17N5O3. The molecule has 0 saturated heterocycles. The third kappa shape index (κ3) is 3.09. The van der Waals surface area contributed by atoms with Crippen molar-refractivity contribution in [1.29, 1.82) is 0 Å². The standard InChI is InChI=1S/C17H17N5O3/c1-24-14-9-8-13(10-15(14)25-2)21(16(18)23)17-19-11-20-22(17)12-6-4-3-5-7-12/h3-11H,1-2H3,(H2,18,23). The number of nitrogens with two attached hydrogens (primary N) is 1. The molecule has 2 amide bonds. The van der Waals surface area contributed by atoms with Crippen molar-refractivity contribution in [1.82, 2.24) is 14.8 Å². The summed E-state index contributed by atoms with van der Waals surface area (Å²) >= 11 is 0. The molecule has 0 fully saturated rings. The van der Waals surface area contributed by atoms with Gasteiger partial charge in [0.1, 0.15) is 6.33 Å². The highest BCUT2D eigenvalue weighted by Crippen LogP contribution is 2.34. The van der Waals surface area contributed by atoms with E-state index < -0.39 is 6.03 Å². The molecule has 0 unspecified atom stereocenters. The summed E-state index contributed by atoms with van der Waals surface area (Å²) in [5.74, 6) is 1.28. The molecule has 2 aromatic carbocycles. The first kappa shape index (κ1) is 16.3. The van der Waals surface area contributed by atoms with Crippen molar-refractivity contribution in [3.05, 3.63) is 54.9 Å². The quantitative estimate of drug-likeness (QED) is 0.770. The summed E-state index contributed by atoms with van der Waals surface area (Å²) in [6.45, 7) is 0. The van der Waals surface area contributed by atoms with Crippen molar-refractivity contribution < 1.29 is 14.3 Å². The maximum absolute atomic E-state index is 12.1. The number of aromatic nitrogens is 3. The Kier molecular flexibility index (Phi) is 4.51. The molecule has 0 aliphatic heterocycles. The van der Waals surface area contributed by atoms with Crippen LogP contribution in [-0.2, 0) is 0 Å². The van der Waals surface area contributed by atoms with Crippen LogP contribution in [0.4, 0.5) is 16.4 Å². The number of amides is 2. The Hall–Kier alpha value is -3.55. The fourth-order valence-corrected chi connectivity index (χ4v) is 2.44. The summed E-state index contributed by atoms with van der Waals surface area (Å²) in [7, 11) is 3.05. The highest BCUT2D eigenvalue weighted by atomic mass is 16.5. The molecule has 0 aliphatic carbocycles. The van der Waals surface area contributed by atoms with Gasteiger partial charge < -0.3 is 15.2 Å². The number of para-hydroxylation sites is 1. The second-order valence-corrected chi connectivity index (χ2v) is 5.02. The Bertz CT molecular complexity index is 879. The van der Waals surface area contributed by atoms with Gasteiger partial charge in [-0.2, -0.15) is 14.8 Å². The Labute approximate surface area is 144 Å². The van der Waals surface area contributed by atoms with Gasteiger partial charge in [-0.25, -0.2) is 9.69 Å². The van der Waals surface area contributed by atoms with Gasteiger partial charge in [0.05, 0.1) is 25.6 Å². The first-order valence-electron chi connectivity index (χ1n) is 7.42. The van der Waals surface area contributed by atoms with Crippen molar-refractivity contribution in [2.45, 2.75) is 0 Å². The molecule has 0 atom stereocenters. The Morgan fingerprint density at radius 3 is 2.44 bits per heavy atom. The number of rotatable bonds is 5. The van der Waals surface area contributed by atoms with E-state index >= 15 is 0 Å². The van der Waals surface area contributed by atoms with Gasteiger partial charge in [0, 0.05) is 6.07 Å². The lowest BCUT2D eigenvalue weighted by Crippen LogP contribution is -2.33. The maximum atomic E-state index is 12.1. The average Bonchev–Trinajstić information content (AvgIpc) is 3.11. The van der Waals surface area contributed by atoms with Crippen LogP contribution in [0.3, 0.4) is 0 Å². The molecule has 8 nitrogen and oxygen atoms in total. The number of primary amides is 1. The fourth-order valence-electron chi connectivity index (χ4n) is 2.44. The summed E-state index contributed by atoms with van der Waals surface area (Å²) in [5.41, 5.74) is 6.84. The smallest absolute Gasteiger partial charge is 0.326 e. The molecule has 1 heterocycles. The minimum Gasteiger partial charge on any atom is -0.493 e. The normalized spacial score (nSPS) is 10.3. The maximum Gasteiger partial charge on any atom is 0.326 e. The predicted octanol–water partition coefficient (Wildman–Crippen LogP) is 2.50. The van der Waals surface area contributed by atoms with Crippen molar-refractivity contribution >= 4 is 17.7 Å². The minimum atomic E-state index is -0.697. The van der Waals surface area contributed by atoms with Gasteiger partial charge in [0.25, 0.3) is 0 Å². The number of carbonyl (C=O) groups excluding carboxylic acids is 1. The van der Waals surface area contributed by atoms with Crippen molar-refractivity contribution in [2.75, 3.05) is 19.1 Å². The van der Waals surface area contributed by atoms with Crippen molar-refractivity contribution in [2.24, 2.45) is 5.73 Å². The SMILES string of the molecule is COc1ccc(N(C(N)=O)c2ncnn2-c2ccccc2)cc1OC.